The van der Waals surface area contributed by atoms with E-state index in [2.05, 4.69) is 20.6 Å². The lowest BCUT2D eigenvalue weighted by atomic mass is 10.1. The van der Waals surface area contributed by atoms with E-state index in [0.717, 1.165) is 22.4 Å². The van der Waals surface area contributed by atoms with Crippen LogP contribution in [-0.4, -0.2) is 23.0 Å². The minimum atomic E-state index is -0.319. The van der Waals surface area contributed by atoms with E-state index in [1.54, 1.807) is 7.11 Å². The number of hydrogen-bond donors (Lipinski definition) is 2. The molecule has 0 aliphatic rings. The van der Waals surface area contributed by atoms with Crippen LogP contribution in [0.15, 0.2) is 42.7 Å². The van der Waals surface area contributed by atoms with Crippen molar-refractivity contribution in [1.82, 2.24) is 9.97 Å². The van der Waals surface area contributed by atoms with Gasteiger partial charge in [0.15, 0.2) is 0 Å². The first-order valence-corrected chi connectivity index (χ1v) is 9.07. The smallest absolute Gasteiger partial charge is 0.258 e. The molecule has 0 atom stereocenters. The van der Waals surface area contributed by atoms with E-state index in [-0.39, 0.29) is 5.91 Å². The van der Waals surface area contributed by atoms with Gasteiger partial charge in [-0.05, 0) is 55.7 Å². The summed E-state index contributed by atoms with van der Waals surface area (Å²) >= 11 is 6.30. The van der Waals surface area contributed by atoms with E-state index in [1.165, 1.54) is 12.4 Å². The Morgan fingerprint density at radius 3 is 2.39 bits per heavy atom. The van der Waals surface area contributed by atoms with Crippen LogP contribution in [-0.2, 0) is 0 Å². The highest BCUT2D eigenvalue weighted by Gasteiger charge is 2.12. The van der Waals surface area contributed by atoms with Gasteiger partial charge in [0.25, 0.3) is 5.91 Å². The van der Waals surface area contributed by atoms with Gasteiger partial charge in [0, 0.05) is 12.4 Å². The molecule has 1 aromatic heterocycles. The molecule has 7 heteroatoms. The SMILES string of the molecule is COc1ccc(C)cc1NC(=O)c1cnc(Nc2c(C)cc(C)cc2Cl)nc1. The minimum absolute atomic E-state index is 0.319. The van der Waals surface area contributed by atoms with E-state index in [0.29, 0.717) is 28.0 Å². The molecular formula is C21H21ClN4O2. The summed E-state index contributed by atoms with van der Waals surface area (Å²) in [6.45, 7) is 5.88. The van der Waals surface area contributed by atoms with Gasteiger partial charge in [-0.15, -0.1) is 0 Å². The fourth-order valence-electron chi connectivity index (χ4n) is 2.81. The largest absolute Gasteiger partial charge is 0.495 e. The third-order valence-corrected chi connectivity index (χ3v) is 4.48. The summed E-state index contributed by atoms with van der Waals surface area (Å²) in [5, 5.41) is 6.52. The number of nitrogens with one attached hydrogen (secondary N) is 2. The van der Waals surface area contributed by atoms with E-state index in [9.17, 15) is 4.79 Å². The lowest BCUT2D eigenvalue weighted by molar-refractivity contribution is 0.102. The Morgan fingerprint density at radius 1 is 1.04 bits per heavy atom. The zero-order valence-electron chi connectivity index (χ0n) is 16.1. The average Bonchev–Trinajstić information content (AvgIpc) is 2.65. The number of nitrogens with zero attached hydrogens (tertiary/aromatic N) is 2. The summed E-state index contributed by atoms with van der Waals surface area (Å²) in [6.07, 6.45) is 2.93. The zero-order valence-corrected chi connectivity index (χ0v) is 16.9. The first-order chi connectivity index (χ1) is 13.4. The average molecular weight is 397 g/mol. The van der Waals surface area contributed by atoms with E-state index >= 15 is 0 Å². The molecular weight excluding hydrogens is 376 g/mol. The molecule has 1 heterocycles. The predicted molar refractivity (Wildman–Crippen MR) is 112 cm³/mol. The molecule has 0 radical (unpaired) electrons. The molecule has 6 nitrogen and oxygen atoms in total. The maximum atomic E-state index is 12.5. The highest BCUT2D eigenvalue weighted by Crippen LogP contribution is 2.29. The van der Waals surface area contributed by atoms with Crippen molar-refractivity contribution in [3.05, 3.63) is 70.0 Å². The maximum Gasteiger partial charge on any atom is 0.258 e. The molecule has 2 aromatic carbocycles. The predicted octanol–water partition coefficient (Wildman–Crippen LogP) is 5.06. The van der Waals surface area contributed by atoms with Gasteiger partial charge in [0.1, 0.15) is 5.75 Å². The summed E-state index contributed by atoms with van der Waals surface area (Å²) in [5.74, 6) is 0.626. The van der Waals surface area contributed by atoms with Gasteiger partial charge in [0.05, 0.1) is 29.1 Å². The van der Waals surface area contributed by atoms with Crippen LogP contribution in [0.5, 0.6) is 5.75 Å². The van der Waals surface area contributed by atoms with Crippen LogP contribution in [0.3, 0.4) is 0 Å². The van der Waals surface area contributed by atoms with Crippen LogP contribution in [0.25, 0.3) is 0 Å². The lowest BCUT2D eigenvalue weighted by Crippen LogP contribution is -2.14. The van der Waals surface area contributed by atoms with Crippen molar-refractivity contribution in [3.8, 4) is 5.75 Å². The molecule has 3 rings (SSSR count). The maximum absolute atomic E-state index is 12.5. The van der Waals surface area contributed by atoms with Gasteiger partial charge in [0.2, 0.25) is 5.95 Å². The number of aromatic nitrogens is 2. The monoisotopic (exact) mass is 396 g/mol. The van der Waals surface area contributed by atoms with Crippen molar-refractivity contribution < 1.29 is 9.53 Å². The van der Waals surface area contributed by atoms with Crippen LogP contribution >= 0.6 is 11.6 Å². The molecule has 0 aliphatic heterocycles. The number of methoxy groups -OCH3 is 1. The van der Waals surface area contributed by atoms with Crippen molar-refractivity contribution in [1.29, 1.82) is 0 Å². The van der Waals surface area contributed by atoms with Crippen molar-refractivity contribution >= 4 is 34.8 Å². The minimum Gasteiger partial charge on any atom is -0.495 e. The first-order valence-electron chi connectivity index (χ1n) is 8.69. The quantitative estimate of drug-likeness (QED) is 0.630. The normalized spacial score (nSPS) is 10.5. The van der Waals surface area contributed by atoms with Crippen molar-refractivity contribution in [2.75, 3.05) is 17.7 Å². The first kappa shape index (κ1) is 19.6. The highest BCUT2D eigenvalue weighted by atomic mass is 35.5. The molecule has 28 heavy (non-hydrogen) atoms. The molecule has 0 saturated carbocycles. The van der Waals surface area contributed by atoms with Crippen LogP contribution in [0.2, 0.25) is 5.02 Å². The number of halogens is 1. The fraction of sp³-hybridized carbons (Fsp3) is 0.190. The molecule has 2 N–H and O–H groups in total. The summed E-state index contributed by atoms with van der Waals surface area (Å²) in [7, 11) is 1.56. The Kier molecular flexibility index (Phi) is 5.80. The number of benzene rings is 2. The standard InChI is InChI=1S/C21H21ClN4O2/c1-12-5-6-18(28-4)17(9-12)25-20(27)15-10-23-21(24-11-15)26-19-14(3)7-13(2)8-16(19)22/h5-11H,1-4H3,(H,25,27)(H,23,24,26). The van der Waals surface area contributed by atoms with Crippen LogP contribution < -0.4 is 15.4 Å². The Balaban J connectivity index is 1.76. The van der Waals surface area contributed by atoms with Crippen molar-refractivity contribution in [2.24, 2.45) is 0 Å². The topological polar surface area (TPSA) is 76.1 Å². The third kappa shape index (κ3) is 4.40. The summed E-state index contributed by atoms with van der Waals surface area (Å²) in [4.78, 5) is 21.0. The van der Waals surface area contributed by atoms with E-state index in [4.69, 9.17) is 16.3 Å². The van der Waals surface area contributed by atoms with Crippen LogP contribution in [0, 0.1) is 20.8 Å². The molecule has 0 spiro atoms. The number of aryl methyl sites for hydroxylation is 3. The number of ether oxygens (including phenoxy) is 1. The molecule has 0 aliphatic carbocycles. The van der Waals surface area contributed by atoms with Gasteiger partial charge in [-0.1, -0.05) is 23.7 Å². The van der Waals surface area contributed by atoms with Crippen LogP contribution in [0.1, 0.15) is 27.0 Å². The van der Waals surface area contributed by atoms with Gasteiger partial charge in [-0.2, -0.15) is 0 Å². The highest BCUT2D eigenvalue weighted by molar-refractivity contribution is 6.33. The second-order valence-corrected chi connectivity index (χ2v) is 6.92. The molecule has 144 valence electrons. The number of rotatable bonds is 5. The number of amides is 1. The Morgan fingerprint density at radius 2 is 1.75 bits per heavy atom. The Hall–Kier alpha value is -3.12. The molecule has 3 aromatic rings. The fourth-order valence-corrected chi connectivity index (χ4v) is 3.18. The molecule has 0 saturated heterocycles. The Bertz CT molecular complexity index is 996. The molecule has 0 unspecified atom stereocenters. The van der Waals surface area contributed by atoms with Gasteiger partial charge in [-0.25, -0.2) is 9.97 Å². The second-order valence-electron chi connectivity index (χ2n) is 6.52. The number of carbonyl (C=O) groups is 1. The second kappa shape index (κ2) is 8.27. The zero-order chi connectivity index (χ0) is 20.3. The third-order valence-electron chi connectivity index (χ3n) is 4.19. The van der Waals surface area contributed by atoms with Crippen molar-refractivity contribution in [2.45, 2.75) is 20.8 Å². The number of anilines is 3. The molecule has 0 bridgehead atoms. The summed E-state index contributed by atoms with van der Waals surface area (Å²) in [6, 6.07) is 9.45. The summed E-state index contributed by atoms with van der Waals surface area (Å²) < 4.78 is 5.28. The Labute approximate surface area is 168 Å². The number of carbonyl (C=O) groups excluding carboxylic acids is 1. The summed E-state index contributed by atoms with van der Waals surface area (Å²) in [5.41, 5.74) is 4.75. The van der Waals surface area contributed by atoms with Crippen molar-refractivity contribution in [3.63, 3.8) is 0 Å². The lowest BCUT2D eigenvalue weighted by Gasteiger charge is -2.12. The van der Waals surface area contributed by atoms with Crippen LogP contribution in [0.4, 0.5) is 17.3 Å². The van der Waals surface area contributed by atoms with Gasteiger partial charge in [-0.3, -0.25) is 4.79 Å². The number of hydrogen-bond acceptors (Lipinski definition) is 5. The van der Waals surface area contributed by atoms with E-state index < -0.39 is 0 Å². The molecule has 1 amide bonds. The molecule has 0 fully saturated rings. The van der Waals surface area contributed by atoms with Gasteiger partial charge >= 0.3 is 0 Å². The van der Waals surface area contributed by atoms with Gasteiger partial charge < -0.3 is 15.4 Å². The van der Waals surface area contributed by atoms with E-state index in [1.807, 2.05) is 51.1 Å².